The van der Waals surface area contributed by atoms with Crippen LogP contribution in [0.2, 0.25) is 0 Å². The van der Waals surface area contributed by atoms with Gasteiger partial charge in [-0.05, 0) is 38.1 Å². The van der Waals surface area contributed by atoms with Crippen molar-refractivity contribution in [2.45, 2.75) is 26.4 Å². The standard InChI is InChI=1S/C20H22N2O5/c1-13(2)27-17-11-7-6-10-16(17)22-19(24)12-18(23)21-15-9-5-4-8-14(15)20(25)26-3/h4-11,13H,12H2,1-3H3,(H,21,23)(H,22,24). The lowest BCUT2D eigenvalue weighted by Gasteiger charge is -2.15. The summed E-state index contributed by atoms with van der Waals surface area (Å²) in [5.41, 5.74) is 0.981. The maximum atomic E-state index is 12.2. The number of rotatable bonds is 7. The topological polar surface area (TPSA) is 93.7 Å². The number of hydrogen-bond donors (Lipinski definition) is 2. The molecule has 0 fully saturated rings. The Kier molecular flexibility index (Phi) is 6.93. The monoisotopic (exact) mass is 370 g/mol. The molecule has 2 amide bonds. The first-order valence-corrected chi connectivity index (χ1v) is 8.43. The van der Waals surface area contributed by atoms with Crippen LogP contribution in [-0.2, 0) is 14.3 Å². The number of hydrogen-bond acceptors (Lipinski definition) is 5. The summed E-state index contributed by atoms with van der Waals surface area (Å²) in [7, 11) is 1.26. The van der Waals surface area contributed by atoms with Gasteiger partial charge < -0.3 is 20.1 Å². The van der Waals surface area contributed by atoms with Crippen LogP contribution < -0.4 is 15.4 Å². The summed E-state index contributed by atoms with van der Waals surface area (Å²) >= 11 is 0. The van der Waals surface area contributed by atoms with E-state index in [-0.39, 0.29) is 17.4 Å². The first kappa shape index (κ1) is 20.0. The summed E-state index contributed by atoms with van der Waals surface area (Å²) in [5, 5.41) is 5.22. The molecule has 0 heterocycles. The van der Waals surface area contributed by atoms with E-state index in [4.69, 9.17) is 4.74 Å². The molecule has 0 bridgehead atoms. The SMILES string of the molecule is COC(=O)c1ccccc1NC(=O)CC(=O)Nc1ccccc1OC(C)C. The second kappa shape index (κ2) is 9.38. The zero-order valence-corrected chi connectivity index (χ0v) is 15.4. The second-order valence-corrected chi connectivity index (χ2v) is 5.97. The average Bonchev–Trinajstić information content (AvgIpc) is 2.62. The molecule has 27 heavy (non-hydrogen) atoms. The van der Waals surface area contributed by atoms with Crippen LogP contribution in [0.4, 0.5) is 11.4 Å². The van der Waals surface area contributed by atoms with Crippen molar-refractivity contribution in [2.24, 2.45) is 0 Å². The van der Waals surface area contributed by atoms with Gasteiger partial charge in [-0.3, -0.25) is 9.59 Å². The third kappa shape index (κ3) is 5.85. The Morgan fingerprint density at radius 1 is 0.889 bits per heavy atom. The fourth-order valence-corrected chi connectivity index (χ4v) is 2.34. The molecule has 0 spiro atoms. The summed E-state index contributed by atoms with van der Waals surface area (Å²) in [5.74, 6) is -1.10. The van der Waals surface area contributed by atoms with E-state index in [9.17, 15) is 14.4 Å². The van der Waals surface area contributed by atoms with E-state index in [0.717, 1.165) is 0 Å². The highest BCUT2D eigenvalue weighted by atomic mass is 16.5. The molecule has 2 aromatic carbocycles. The summed E-state index contributed by atoms with van der Waals surface area (Å²) in [6.07, 6.45) is -0.466. The number of benzene rings is 2. The fraction of sp³-hybridized carbons (Fsp3) is 0.250. The third-order valence-corrected chi connectivity index (χ3v) is 3.45. The molecule has 0 aliphatic heterocycles. The van der Waals surface area contributed by atoms with Gasteiger partial charge in [0.05, 0.1) is 30.2 Å². The number of methoxy groups -OCH3 is 1. The minimum atomic E-state index is -0.574. The van der Waals surface area contributed by atoms with Crippen molar-refractivity contribution < 1.29 is 23.9 Å². The molecule has 0 saturated carbocycles. The van der Waals surface area contributed by atoms with Crippen LogP contribution in [-0.4, -0.2) is 31.0 Å². The molecule has 2 aromatic rings. The van der Waals surface area contributed by atoms with Crippen LogP contribution >= 0.6 is 0 Å². The lowest BCUT2D eigenvalue weighted by molar-refractivity contribution is -0.123. The van der Waals surface area contributed by atoms with E-state index in [2.05, 4.69) is 15.4 Å². The van der Waals surface area contributed by atoms with Gasteiger partial charge in [0.1, 0.15) is 12.2 Å². The molecule has 2 rings (SSSR count). The van der Waals surface area contributed by atoms with E-state index in [1.54, 1.807) is 42.5 Å². The van der Waals surface area contributed by atoms with Gasteiger partial charge in [-0.2, -0.15) is 0 Å². The summed E-state index contributed by atoms with van der Waals surface area (Å²) in [6.45, 7) is 3.76. The Bertz CT molecular complexity index is 833. The number of ether oxygens (including phenoxy) is 2. The van der Waals surface area contributed by atoms with Gasteiger partial charge in [0.15, 0.2) is 0 Å². The molecule has 0 saturated heterocycles. The predicted octanol–water partition coefficient (Wildman–Crippen LogP) is 3.23. The molecule has 7 heteroatoms. The van der Waals surface area contributed by atoms with Crippen molar-refractivity contribution in [3.63, 3.8) is 0 Å². The molecule has 7 nitrogen and oxygen atoms in total. The predicted molar refractivity (Wildman–Crippen MR) is 102 cm³/mol. The second-order valence-electron chi connectivity index (χ2n) is 5.97. The highest BCUT2D eigenvalue weighted by Crippen LogP contribution is 2.25. The quantitative estimate of drug-likeness (QED) is 0.576. The van der Waals surface area contributed by atoms with Crippen LogP contribution in [0.1, 0.15) is 30.6 Å². The number of esters is 1. The number of carbonyl (C=O) groups is 3. The highest BCUT2D eigenvalue weighted by Gasteiger charge is 2.16. The first-order chi connectivity index (χ1) is 12.9. The lowest BCUT2D eigenvalue weighted by Crippen LogP contribution is -2.23. The van der Waals surface area contributed by atoms with Crippen molar-refractivity contribution in [1.29, 1.82) is 0 Å². The molecule has 0 aliphatic rings. The third-order valence-electron chi connectivity index (χ3n) is 3.45. The lowest BCUT2D eigenvalue weighted by atomic mass is 10.1. The fourth-order valence-electron chi connectivity index (χ4n) is 2.34. The Morgan fingerprint density at radius 2 is 1.44 bits per heavy atom. The molecular formula is C20H22N2O5. The number of carbonyl (C=O) groups excluding carboxylic acids is 3. The van der Waals surface area contributed by atoms with Gasteiger partial charge in [0.25, 0.3) is 0 Å². The molecule has 0 radical (unpaired) electrons. The van der Waals surface area contributed by atoms with E-state index in [1.807, 2.05) is 13.8 Å². The zero-order valence-electron chi connectivity index (χ0n) is 15.4. The van der Waals surface area contributed by atoms with Gasteiger partial charge in [-0.1, -0.05) is 24.3 Å². The molecule has 0 atom stereocenters. The Labute approximate surface area is 157 Å². The summed E-state index contributed by atoms with van der Waals surface area (Å²) < 4.78 is 10.3. The molecule has 0 aromatic heterocycles. The van der Waals surface area contributed by atoms with Gasteiger partial charge in [0, 0.05) is 0 Å². The smallest absolute Gasteiger partial charge is 0.339 e. The van der Waals surface area contributed by atoms with E-state index >= 15 is 0 Å². The number of anilines is 2. The van der Waals surface area contributed by atoms with Crippen molar-refractivity contribution in [1.82, 2.24) is 0 Å². The normalized spacial score (nSPS) is 10.2. The van der Waals surface area contributed by atoms with Crippen molar-refractivity contribution in [3.8, 4) is 5.75 Å². The Hall–Kier alpha value is -3.35. The van der Waals surface area contributed by atoms with Crippen molar-refractivity contribution in [3.05, 3.63) is 54.1 Å². The molecule has 2 N–H and O–H groups in total. The number of nitrogens with one attached hydrogen (secondary N) is 2. The van der Waals surface area contributed by atoms with Crippen molar-refractivity contribution in [2.75, 3.05) is 17.7 Å². The number of amides is 2. The molecule has 0 unspecified atom stereocenters. The van der Waals surface area contributed by atoms with E-state index in [1.165, 1.54) is 13.2 Å². The van der Waals surface area contributed by atoms with Crippen LogP contribution in [0.15, 0.2) is 48.5 Å². The van der Waals surface area contributed by atoms with Gasteiger partial charge in [-0.25, -0.2) is 4.79 Å². The largest absolute Gasteiger partial charge is 0.489 e. The van der Waals surface area contributed by atoms with Crippen LogP contribution in [0.5, 0.6) is 5.75 Å². The minimum absolute atomic E-state index is 0.0545. The molecule has 142 valence electrons. The average molecular weight is 370 g/mol. The summed E-state index contributed by atoms with van der Waals surface area (Å²) in [4.78, 5) is 36.1. The van der Waals surface area contributed by atoms with E-state index in [0.29, 0.717) is 11.4 Å². The number of para-hydroxylation sites is 3. The van der Waals surface area contributed by atoms with Crippen molar-refractivity contribution >= 4 is 29.2 Å². The first-order valence-electron chi connectivity index (χ1n) is 8.43. The van der Waals surface area contributed by atoms with Crippen LogP contribution in [0.3, 0.4) is 0 Å². The van der Waals surface area contributed by atoms with Crippen LogP contribution in [0, 0.1) is 0 Å². The Morgan fingerprint density at radius 3 is 2.07 bits per heavy atom. The minimum Gasteiger partial charge on any atom is -0.489 e. The Balaban J connectivity index is 2.01. The maximum Gasteiger partial charge on any atom is 0.339 e. The zero-order chi connectivity index (χ0) is 19.8. The molecule has 0 aliphatic carbocycles. The molecular weight excluding hydrogens is 348 g/mol. The highest BCUT2D eigenvalue weighted by molar-refractivity contribution is 6.10. The van der Waals surface area contributed by atoms with Gasteiger partial charge in [-0.15, -0.1) is 0 Å². The van der Waals surface area contributed by atoms with Gasteiger partial charge in [0.2, 0.25) is 11.8 Å². The summed E-state index contributed by atoms with van der Waals surface area (Å²) in [6, 6.07) is 13.4. The van der Waals surface area contributed by atoms with Gasteiger partial charge >= 0.3 is 5.97 Å². The van der Waals surface area contributed by atoms with E-state index < -0.39 is 24.2 Å². The maximum absolute atomic E-state index is 12.2. The van der Waals surface area contributed by atoms with Crippen LogP contribution in [0.25, 0.3) is 0 Å².